The van der Waals surface area contributed by atoms with Gasteiger partial charge in [0.25, 0.3) is 0 Å². The van der Waals surface area contributed by atoms with Gasteiger partial charge in [0.1, 0.15) is 11.8 Å². The van der Waals surface area contributed by atoms with E-state index in [1.54, 1.807) is 13.8 Å². The number of fused-ring (bicyclic) bond motifs is 5. The van der Waals surface area contributed by atoms with Crippen molar-refractivity contribution in [3.05, 3.63) is 23.8 Å². The van der Waals surface area contributed by atoms with Gasteiger partial charge in [0.05, 0.1) is 6.10 Å². The van der Waals surface area contributed by atoms with Crippen molar-refractivity contribution >= 4 is 17.5 Å². The van der Waals surface area contributed by atoms with E-state index in [1.165, 1.54) is 19.1 Å². The fourth-order valence-electron chi connectivity index (χ4n) is 7.21. The number of rotatable bonds is 5. The van der Waals surface area contributed by atoms with Crippen LogP contribution in [0.25, 0.3) is 0 Å². The van der Waals surface area contributed by atoms with E-state index in [0.29, 0.717) is 6.42 Å². The lowest BCUT2D eigenvalue weighted by atomic mass is 9.44. The van der Waals surface area contributed by atoms with E-state index in [1.807, 2.05) is 0 Å². The van der Waals surface area contributed by atoms with Crippen LogP contribution in [0.1, 0.15) is 59.3 Å². The number of ketones is 2. The number of halogens is 2. The van der Waals surface area contributed by atoms with E-state index < -0.39 is 70.4 Å². The van der Waals surface area contributed by atoms with Crippen molar-refractivity contribution in [2.75, 3.05) is 6.61 Å². The molecule has 0 aromatic carbocycles. The van der Waals surface area contributed by atoms with E-state index in [0.717, 1.165) is 6.08 Å². The smallest absolute Gasteiger partial charge is 0.306 e. The number of Topliss-reactive ketones (excluding diaryl/α,β-unsaturated/α-hetero) is 1. The molecule has 3 fully saturated rings. The predicted molar refractivity (Wildman–Crippen MR) is 114 cm³/mol. The van der Waals surface area contributed by atoms with Crippen LogP contribution < -0.4 is 0 Å². The maximum atomic E-state index is 17.0. The number of aliphatic hydroxyl groups excluding tert-OH is 1. The van der Waals surface area contributed by atoms with Gasteiger partial charge in [0.15, 0.2) is 18.1 Å². The summed E-state index contributed by atoms with van der Waals surface area (Å²) in [6.45, 7) is 4.35. The number of hydrogen-bond acceptors (Lipinski definition) is 6. The summed E-state index contributed by atoms with van der Waals surface area (Å²) in [5.74, 6) is -3.18. The summed E-state index contributed by atoms with van der Waals surface area (Å²) in [7, 11) is 0. The van der Waals surface area contributed by atoms with Gasteiger partial charge in [-0.3, -0.25) is 14.4 Å². The largest absolute Gasteiger partial charge is 0.458 e. The molecule has 4 aliphatic carbocycles. The van der Waals surface area contributed by atoms with Crippen molar-refractivity contribution in [2.45, 2.75) is 82.8 Å². The van der Waals surface area contributed by atoms with Crippen molar-refractivity contribution < 1.29 is 38.1 Å². The van der Waals surface area contributed by atoms with Gasteiger partial charge in [-0.2, -0.15) is 0 Å². The molecule has 4 aliphatic rings. The van der Waals surface area contributed by atoms with Crippen LogP contribution in [-0.2, 0) is 19.1 Å². The van der Waals surface area contributed by atoms with E-state index in [9.17, 15) is 24.6 Å². The maximum Gasteiger partial charge on any atom is 0.306 e. The molecule has 3 saturated carbocycles. The average Bonchev–Trinajstić information content (AvgIpc) is 3.02. The first-order valence-corrected chi connectivity index (χ1v) is 11.7. The number of aliphatic hydroxyl groups is 2. The Bertz CT molecular complexity index is 945. The monoisotopic (exact) mass is 466 g/mol. The maximum absolute atomic E-state index is 17.0. The molecule has 0 amide bonds. The minimum absolute atomic E-state index is 0.0162. The third-order valence-corrected chi connectivity index (χ3v) is 9.06. The van der Waals surface area contributed by atoms with Crippen LogP contribution in [0.5, 0.6) is 0 Å². The fourth-order valence-corrected chi connectivity index (χ4v) is 7.21. The third kappa shape index (κ3) is 3.13. The highest BCUT2D eigenvalue weighted by molar-refractivity contribution is 6.01. The molecule has 0 spiro atoms. The lowest BCUT2D eigenvalue weighted by Gasteiger charge is -2.63. The molecule has 182 valence electrons. The zero-order valence-corrected chi connectivity index (χ0v) is 19.3. The van der Waals surface area contributed by atoms with Crippen molar-refractivity contribution in [3.63, 3.8) is 0 Å². The zero-order valence-electron chi connectivity index (χ0n) is 19.3. The fraction of sp³-hybridized carbons (Fsp3) is 0.720. The van der Waals surface area contributed by atoms with Crippen LogP contribution in [0.15, 0.2) is 23.8 Å². The zero-order chi connectivity index (χ0) is 24.4. The highest BCUT2D eigenvalue weighted by Gasteiger charge is 2.75. The highest BCUT2D eigenvalue weighted by atomic mass is 19.1. The Labute approximate surface area is 192 Å². The van der Waals surface area contributed by atoms with Crippen LogP contribution in [-0.4, -0.2) is 57.9 Å². The third-order valence-electron chi connectivity index (χ3n) is 9.06. The molecule has 0 bridgehead atoms. The summed E-state index contributed by atoms with van der Waals surface area (Å²) in [5.41, 5.74) is -6.88. The standard InChI is InChI=1S/C25H32F2O6/c1-4-5-21(31)33-13-20(30)24(32)9-7-15-16-11-18(26)17-10-14(28)6-8-22(17,2)25(16,27)19(29)12-23(15,24)3/h6,8,10,15-16,18-19,29,32H,4-5,7,9,11-13H2,1-3H3/t15-,16-,18-,19-,22-,23-,24-,25-/m0/s1. The topological polar surface area (TPSA) is 101 Å². The average molecular weight is 467 g/mol. The summed E-state index contributed by atoms with van der Waals surface area (Å²) in [5, 5.41) is 22.7. The molecule has 2 N–H and O–H groups in total. The molecule has 0 aliphatic heterocycles. The van der Waals surface area contributed by atoms with Crippen molar-refractivity contribution in [1.82, 2.24) is 0 Å². The van der Waals surface area contributed by atoms with Gasteiger partial charge in [-0.15, -0.1) is 0 Å². The number of carbonyl (C=O) groups is 3. The van der Waals surface area contributed by atoms with E-state index >= 15 is 8.78 Å². The molecule has 8 heteroatoms. The van der Waals surface area contributed by atoms with Crippen molar-refractivity contribution in [1.29, 1.82) is 0 Å². The molecule has 0 aromatic rings. The second kappa shape index (κ2) is 7.80. The highest BCUT2D eigenvalue weighted by Crippen LogP contribution is 2.70. The Hall–Kier alpha value is -1.93. The summed E-state index contributed by atoms with van der Waals surface area (Å²) >= 11 is 0. The molecular weight excluding hydrogens is 434 g/mol. The van der Waals surface area contributed by atoms with Gasteiger partial charge >= 0.3 is 5.97 Å². The first-order chi connectivity index (χ1) is 15.3. The SMILES string of the molecule is CCCC(=O)OCC(=O)[C@@]1(O)CC[C@H]2[C@@H]3C[C@H](F)C4=CC(=O)C=C[C@]4(C)[C@@]3(F)[C@@H](O)C[C@@]21C. The predicted octanol–water partition coefficient (Wildman–Crippen LogP) is 2.95. The lowest BCUT2D eigenvalue weighted by molar-refractivity contribution is -0.222. The van der Waals surface area contributed by atoms with Crippen LogP contribution in [0.4, 0.5) is 8.78 Å². The second-order valence-electron chi connectivity index (χ2n) is 10.6. The Morgan fingerprint density at radius 2 is 1.97 bits per heavy atom. The van der Waals surface area contributed by atoms with Gasteiger partial charge in [-0.1, -0.05) is 19.9 Å². The van der Waals surface area contributed by atoms with E-state index in [4.69, 9.17) is 4.74 Å². The van der Waals surface area contributed by atoms with Gasteiger partial charge in [-0.25, -0.2) is 8.78 Å². The molecule has 0 radical (unpaired) electrons. The first kappa shape index (κ1) is 24.2. The summed E-state index contributed by atoms with van der Waals surface area (Å²) < 4.78 is 37.3. The number of esters is 1. The van der Waals surface area contributed by atoms with Crippen LogP contribution in [0, 0.1) is 22.7 Å². The van der Waals surface area contributed by atoms with Gasteiger partial charge in [0, 0.05) is 23.2 Å². The van der Waals surface area contributed by atoms with E-state index in [-0.39, 0.29) is 37.7 Å². The Balaban J connectivity index is 1.68. The molecule has 0 aromatic heterocycles. The Morgan fingerprint density at radius 3 is 2.64 bits per heavy atom. The van der Waals surface area contributed by atoms with Crippen molar-refractivity contribution in [3.8, 4) is 0 Å². The number of ether oxygens (including phenoxy) is 1. The van der Waals surface area contributed by atoms with Gasteiger partial charge in [0.2, 0.25) is 5.78 Å². The van der Waals surface area contributed by atoms with Gasteiger partial charge < -0.3 is 14.9 Å². The normalized spacial score (nSPS) is 46.2. The molecule has 0 unspecified atom stereocenters. The second-order valence-corrected chi connectivity index (χ2v) is 10.6. The summed E-state index contributed by atoms with van der Waals surface area (Å²) in [6.07, 6.45) is 1.06. The number of allylic oxidation sites excluding steroid dienone is 4. The molecule has 4 rings (SSSR count). The van der Waals surface area contributed by atoms with Crippen LogP contribution in [0.2, 0.25) is 0 Å². The van der Waals surface area contributed by atoms with Crippen LogP contribution in [0.3, 0.4) is 0 Å². The minimum Gasteiger partial charge on any atom is -0.458 e. The molecule has 6 nitrogen and oxygen atoms in total. The molecule has 8 atom stereocenters. The number of alkyl halides is 2. The molecule has 0 heterocycles. The molecule has 33 heavy (non-hydrogen) atoms. The molecular formula is C25H32F2O6. The lowest BCUT2D eigenvalue weighted by Crippen LogP contribution is -2.70. The summed E-state index contributed by atoms with van der Waals surface area (Å²) in [6, 6.07) is 0. The summed E-state index contributed by atoms with van der Waals surface area (Å²) in [4.78, 5) is 36.6. The van der Waals surface area contributed by atoms with Gasteiger partial charge in [-0.05, 0) is 62.7 Å². The first-order valence-electron chi connectivity index (χ1n) is 11.7. The minimum atomic E-state index is -2.26. The quantitative estimate of drug-likeness (QED) is 0.605. The van der Waals surface area contributed by atoms with E-state index in [2.05, 4.69) is 0 Å². The number of carbonyl (C=O) groups excluding carboxylic acids is 3. The van der Waals surface area contributed by atoms with Crippen molar-refractivity contribution in [2.24, 2.45) is 22.7 Å². The van der Waals surface area contributed by atoms with Crippen LogP contribution >= 0.6 is 0 Å². The number of hydrogen-bond donors (Lipinski definition) is 2. The Morgan fingerprint density at radius 1 is 1.27 bits per heavy atom. The Kier molecular flexibility index (Phi) is 5.72. The molecule has 0 saturated heterocycles.